The van der Waals surface area contributed by atoms with Crippen LogP contribution < -0.4 is 5.32 Å². The number of imide groups is 1. The molecule has 0 bridgehead atoms. The molecule has 5 nitrogen and oxygen atoms in total. The Morgan fingerprint density at radius 1 is 1.00 bits per heavy atom. The van der Waals surface area contributed by atoms with Gasteiger partial charge < -0.3 is 0 Å². The highest BCUT2D eigenvalue weighted by molar-refractivity contribution is 6.34. The largest absolute Gasteiger partial charge is 0.296 e. The van der Waals surface area contributed by atoms with Crippen molar-refractivity contribution in [3.63, 3.8) is 0 Å². The van der Waals surface area contributed by atoms with Crippen LogP contribution in [0.25, 0.3) is 11.1 Å². The fourth-order valence-electron chi connectivity index (χ4n) is 4.12. The lowest BCUT2D eigenvalue weighted by Crippen LogP contribution is -2.39. The quantitative estimate of drug-likeness (QED) is 0.590. The zero-order chi connectivity index (χ0) is 21.4. The van der Waals surface area contributed by atoms with Gasteiger partial charge in [-0.25, -0.2) is 9.97 Å². The van der Waals surface area contributed by atoms with Crippen molar-refractivity contribution in [1.29, 1.82) is 0 Å². The van der Waals surface area contributed by atoms with Gasteiger partial charge in [0, 0.05) is 36.2 Å². The highest BCUT2D eigenvalue weighted by atomic mass is 35.5. The topological polar surface area (TPSA) is 72.0 Å². The molecule has 5 rings (SSSR count). The fourth-order valence-corrected chi connectivity index (χ4v) is 4.49. The number of piperidine rings is 1. The van der Waals surface area contributed by atoms with E-state index in [9.17, 15) is 9.59 Å². The summed E-state index contributed by atoms with van der Waals surface area (Å²) in [5, 5.41) is 2.97. The van der Waals surface area contributed by atoms with E-state index in [0.717, 1.165) is 33.8 Å². The maximum Gasteiger partial charge on any atom is 0.234 e. The lowest BCUT2D eigenvalue weighted by molar-refractivity contribution is -0.134. The molecule has 0 radical (unpaired) electrons. The number of nitrogens with one attached hydrogen (secondary N) is 1. The molecule has 2 aliphatic rings. The SMILES string of the molecule is O=C1CCC(c2cccc(-c3ccc(Cc4nccc(C5CC5)n4)cc3)c2Cl)C(=O)N1. The molecule has 156 valence electrons. The summed E-state index contributed by atoms with van der Waals surface area (Å²) in [7, 11) is 0. The minimum atomic E-state index is -0.402. The van der Waals surface area contributed by atoms with Gasteiger partial charge in [0.15, 0.2) is 0 Å². The Bertz CT molecular complexity index is 1160. The molecule has 1 atom stereocenters. The number of benzene rings is 2. The van der Waals surface area contributed by atoms with Gasteiger partial charge in [-0.15, -0.1) is 0 Å². The van der Waals surface area contributed by atoms with E-state index in [1.807, 2.05) is 42.6 Å². The summed E-state index contributed by atoms with van der Waals surface area (Å²) in [6, 6.07) is 16.0. The maximum atomic E-state index is 12.3. The molecule has 2 amide bonds. The number of nitrogens with zero attached hydrogens (tertiary/aromatic N) is 2. The van der Waals surface area contributed by atoms with Crippen LogP contribution in [-0.2, 0) is 16.0 Å². The molecule has 1 N–H and O–H groups in total. The molecule has 3 aromatic rings. The van der Waals surface area contributed by atoms with Crippen molar-refractivity contribution in [2.75, 3.05) is 0 Å². The van der Waals surface area contributed by atoms with Gasteiger partial charge in [0.1, 0.15) is 5.82 Å². The number of aromatic nitrogens is 2. The third-order valence-corrected chi connectivity index (χ3v) is 6.41. The number of hydrogen-bond donors (Lipinski definition) is 1. The lowest BCUT2D eigenvalue weighted by atomic mass is 9.88. The van der Waals surface area contributed by atoms with Crippen molar-refractivity contribution in [3.8, 4) is 11.1 Å². The molecule has 6 heteroatoms. The number of rotatable bonds is 5. The maximum absolute atomic E-state index is 12.3. The Labute approximate surface area is 185 Å². The van der Waals surface area contributed by atoms with Crippen molar-refractivity contribution >= 4 is 23.4 Å². The molecule has 1 aromatic heterocycles. The van der Waals surface area contributed by atoms with Crippen molar-refractivity contribution in [2.24, 2.45) is 0 Å². The van der Waals surface area contributed by atoms with Gasteiger partial charge in [0.25, 0.3) is 0 Å². The van der Waals surface area contributed by atoms with Gasteiger partial charge in [-0.1, -0.05) is 54.1 Å². The van der Waals surface area contributed by atoms with Crippen LogP contribution in [0, 0.1) is 0 Å². The molecule has 0 spiro atoms. The van der Waals surface area contributed by atoms with Crippen LogP contribution in [0.2, 0.25) is 5.02 Å². The van der Waals surface area contributed by atoms with Gasteiger partial charge >= 0.3 is 0 Å². The summed E-state index contributed by atoms with van der Waals surface area (Å²) in [4.78, 5) is 32.9. The molecular weight excluding hydrogens is 410 g/mol. The first kappa shape index (κ1) is 19.9. The van der Waals surface area contributed by atoms with Gasteiger partial charge in [-0.3, -0.25) is 14.9 Å². The van der Waals surface area contributed by atoms with Crippen molar-refractivity contribution < 1.29 is 9.59 Å². The number of halogens is 1. The van der Waals surface area contributed by atoms with Crippen molar-refractivity contribution in [3.05, 3.63) is 82.4 Å². The smallest absolute Gasteiger partial charge is 0.234 e. The highest BCUT2D eigenvalue weighted by Crippen LogP contribution is 2.39. The second-order valence-electron chi connectivity index (χ2n) is 8.26. The zero-order valence-electron chi connectivity index (χ0n) is 17.0. The average molecular weight is 432 g/mol. The predicted molar refractivity (Wildman–Crippen MR) is 119 cm³/mol. The summed E-state index contributed by atoms with van der Waals surface area (Å²) in [6.45, 7) is 0. The normalized spacial score (nSPS) is 18.7. The minimum absolute atomic E-state index is 0.226. The molecule has 31 heavy (non-hydrogen) atoms. The van der Waals surface area contributed by atoms with E-state index in [1.54, 1.807) is 0 Å². The second-order valence-corrected chi connectivity index (χ2v) is 8.64. The molecule has 2 fully saturated rings. The van der Waals surface area contributed by atoms with E-state index < -0.39 is 5.92 Å². The lowest BCUT2D eigenvalue weighted by Gasteiger charge is -2.23. The Morgan fingerprint density at radius 2 is 1.81 bits per heavy atom. The van der Waals surface area contributed by atoms with E-state index in [0.29, 0.717) is 30.2 Å². The zero-order valence-corrected chi connectivity index (χ0v) is 17.7. The molecule has 1 aliphatic carbocycles. The van der Waals surface area contributed by atoms with E-state index >= 15 is 0 Å². The van der Waals surface area contributed by atoms with E-state index in [1.165, 1.54) is 12.8 Å². The van der Waals surface area contributed by atoms with Crippen LogP contribution in [-0.4, -0.2) is 21.8 Å². The van der Waals surface area contributed by atoms with Gasteiger partial charge in [-0.05, 0) is 42.0 Å². The third kappa shape index (κ3) is 4.23. The standard InChI is InChI=1S/C25H22ClN3O2/c26-24-18(2-1-3-19(24)20-10-11-23(30)29-25(20)31)16-6-4-15(5-7-16)14-22-27-13-12-21(28-22)17-8-9-17/h1-7,12-13,17,20H,8-11,14H2,(H,29,30,31). The summed E-state index contributed by atoms with van der Waals surface area (Å²) in [5.74, 6) is 0.549. The summed E-state index contributed by atoms with van der Waals surface area (Å²) in [6.07, 6.45) is 5.80. The van der Waals surface area contributed by atoms with Crippen LogP contribution in [0.1, 0.15) is 60.2 Å². The minimum Gasteiger partial charge on any atom is -0.296 e. The highest BCUT2D eigenvalue weighted by Gasteiger charge is 2.30. The molecule has 1 saturated heterocycles. The fraction of sp³-hybridized carbons (Fsp3) is 0.280. The number of carbonyl (C=O) groups excluding carboxylic acids is 2. The summed E-state index contributed by atoms with van der Waals surface area (Å²) in [5.41, 5.74) is 4.91. The summed E-state index contributed by atoms with van der Waals surface area (Å²) >= 11 is 6.72. The number of amides is 2. The first-order valence-electron chi connectivity index (χ1n) is 10.6. The van der Waals surface area contributed by atoms with E-state index in [-0.39, 0.29) is 11.8 Å². The molecule has 1 aliphatic heterocycles. The van der Waals surface area contributed by atoms with Crippen molar-refractivity contribution in [1.82, 2.24) is 15.3 Å². The molecule has 2 aromatic carbocycles. The van der Waals surface area contributed by atoms with Crippen molar-refractivity contribution in [2.45, 2.75) is 43.9 Å². The van der Waals surface area contributed by atoms with E-state index in [4.69, 9.17) is 16.6 Å². The number of carbonyl (C=O) groups is 2. The first-order valence-corrected chi connectivity index (χ1v) is 11.0. The Morgan fingerprint density at radius 3 is 2.55 bits per heavy atom. The van der Waals surface area contributed by atoms with Crippen LogP contribution in [0.3, 0.4) is 0 Å². The van der Waals surface area contributed by atoms with Crippen LogP contribution in [0.5, 0.6) is 0 Å². The third-order valence-electron chi connectivity index (χ3n) is 5.99. The monoisotopic (exact) mass is 431 g/mol. The van der Waals surface area contributed by atoms with Gasteiger partial charge in [0.05, 0.1) is 10.9 Å². The molecule has 1 saturated carbocycles. The van der Waals surface area contributed by atoms with Crippen LogP contribution >= 0.6 is 11.6 Å². The van der Waals surface area contributed by atoms with Gasteiger partial charge in [0.2, 0.25) is 11.8 Å². The summed E-state index contributed by atoms with van der Waals surface area (Å²) < 4.78 is 0. The Balaban J connectivity index is 1.37. The molecule has 2 heterocycles. The first-order chi connectivity index (χ1) is 15.1. The van der Waals surface area contributed by atoms with E-state index in [2.05, 4.69) is 22.4 Å². The van der Waals surface area contributed by atoms with Crippen LogP contribution in [0.15, 0.2) is 54.7 Å². The van der Waals surface area contributed by atoms with Gasteiger partial charge in [-0.2, -0.15) is 0 Å². The Kier molecular flexibility index (Phi) is 5.28. The van der Waals surface area contributed by atoms with Crippen LogP contribution in [0.4, 0.5) is 0 Å². The number of hydrogen-bond acceptors (Lipinski definition) is 4. The second kappa shape index (κ2) is 8.23. The average Bonchev–Trinajstić information content (AvgIpc) is 3.61. The molecule has 1 unspecified atom stereocenters. The molecular formula is C25H22ClN3O2. The predicted octanol–water partition coefficient (Wildman–Crippen LogP) is 4.79. The Hall–Kier alpha value is -3.05.